The zero-order valence-corrected chi connectivity index (χ0v) is 36.0. The third kappa shape index (κ3) is 13.6. The summed E-state index contributed by atoms with van der Waals surface area (Å²) in [5.41, 5.74) is 0. The summed E-state index contributed by atoms with van der Waals surface area (Å²) in [5, 5.41) is 22.2. The van der Waals surface area contributed by atoms with Gasteiger partial charge >= 0.3 is 0 Å². The average Bonchev–Trinajstić information content (AvgIpc) is 3.14. The third-order valence-electron chi connectivity index (χ3n) is 16.3. The second kappa shape index (κ2) is 20.9. The summed E-state index contributed by atoms with van der Waals surface area (Å²) in [6.45, 7) is 26.7. The summed E-state index contributed by atoms with van der Waals surface area (Å²) >= 11 is 0. The van der Waals surface area contributed by atoms with Crippen LogP contribution in [0.15, 0.2) is 38.0 Å². The fourth-order valence-corrected chi connectivity index (χ4v) is 11.5. The molecule has 4 aliphatic heterocycles. The van der Waals surface area contributed by atoms with Crippen LogP contribution in [0.2, 0.25) is 0 Å². The van der Waals surface area contributed by atoms with E-state index < -0.39 is 0 Å². The van der Waals surface area contributed by atoms with Gasteiger partial charge in [-0.3, -0.25) is 0 Å². The Kier molecular flexibility index (Phi) is 17.7. The van der Waals surface area contributed by atoms with Crippen molar-refractivity contribution in [2.45, 2.75) is 147 Å². The minimum Gasteiger partial charge on any atom is -0.393 e. The van der Waals surface area contributed by atoms with Crippen LogP contribution < -0.4 is 0 Å². The molecule has 8 unspecified atom stereocenters. The molecule has 0 aromatic rings. The van der Waals surface area contributed by atoms with E-state index in [9.17, 15) is 10.2 Å². The van der Waals surface area contributed by atoms with Gasteiger partial charge < -0.3 is 28.1 Å². The SMILES string of the molecule is C=CCC1CC[N+](C)(CCC(O)CC[N+]2(C)CCC(CCC(C)C3CC[N+](C)(CCC(O)CC[N+]4(C)CCCCC4CC=C)C(CC=C)C3)CC2)CC1. The van der Waals surface area contributed by atoms with Gasteiger partial charge in [0.1, 0.15) is 0 Å². The molecule has 6 nitrogen and oxygen atoms in total. The third-order valence-corrected chi connectivity index (χ3v) is 16.3. The first kappa shape index (κ1) is 44.7. The van der Waals surface area contributed by atoms with Gasteiger partial charge in [0, 0.05) is 44.9 Å². The second-order valence-corrected chi connectivity index (χ2v) is 20.5. The molecule has 0 aromatic heterocycles. The smallest absolute Gasteiger partial charge is 0.0925 e. The van der Waals surface area contributed by atoms with E-state index in [0.717, 1.165) is 106 Å². The van der Waals surface area contributed by atoms with Crippen molar-refractivity contribution < 1.29 is 28.1 Å². The van der Waals surface area contributed by atoms with Gasteiger partial charge in [-0.2, -0.15) is 0 Å². The summed E-state index contributed by atoms with van der Waals surface area (Å²) < 4.78 is 4.53. The Hall–Kier alpha value is -1.02. The minimum absolute atomic E-state index is 0.153. The highest BCUT2D eigenvalue weighted by Crippen LogP contribution is 2.38. The summed E-state index contributed by atoms with van der Waals surface area (Å²) in [6.07, 6.45) is 27.8. The predicted octanol–water partition coefficient (Wildman–Crippen LogP) is 8.35. The van der Waals surface area contributed by atoms with E-state index in [1.54, 1.807) is 0 Å². The van der Waals surface area contributed by atoms with Crippen molar-refractivity contribution >= 4 is 0 Å². The molecule has 4 heterocycles. The first-order valence-electron chi connectivity index (χ1n) is 22.8. The number of rotatable bonds is 22. The van der Waals surface area contributed by atoms with Crippen LogP contribution in [0.3, 0.4) is 0 Å². The molecule has 4 rings (SSSR count). The first-order valence-corrected chi connectivity index (χ1v) is 22.8. The number of aliphatic hydroxyl groups excluding tert-OH is 2. The van der Waals surface area contributed by atoms with Crippen molar-refractivity contribution in [1.82, 2.24) is 0 Å². The average molecular weight is 743 g/mol. The molecule has 0 aromatic carbocycles. The zero-order chi connectivity index (χ0) is 38.5. The van der Waals surface area contributed by atoms with Crippen LogP contribution in [0.4, 0.5) is 0 Å². The Labute approximate surface area is 329 Å². The summed E-state index contributed by atoms with van der Waals surface area (Å²) in [6, 6.07) is 1.31. The molecule has 0 radical (unpaired) electrons. The van der Waals surface area contributed by atoms with Gasteiger partial charge in [0.15, 0.2) is 0 Å². The Balaban J connectivity index is 1.13. The van der Waals surface area contributed by atoms with Crippen molar-refractivity contribution in [3.8, 4) is 0 Å². The highest BCUT2D eigenvalue weighted by Gasteiger charge is 2.41. The van der Waals surface area contributed by atoms with Crippen LogP contribution in [0.25, 0.3) is 0 Å². The molecule has 0 bridgehead atoms. The lowest BCUT2D eigenvalue weighted by molar-refractivity contribution is -0.941. The van der Waals surface area contributed by atoms with Gasteiger partial charge in [0.2, 0.25) is 0 Å². The molecule has 0 spiro atoms. The van der Waals surface area contributed by atoms with Gasteiger partial charge in [-0.25, -0.2) is 0 Å². The molecule has 2 N–H and O–H groups in total. The lowest BCUT2D eigenvalue weighted by Gasteiger charge is -2.49. The quantitative estimate of drug-likeness (QED) is 0.0866. The van der Waals surface area contributed by atoms with E-state index >= 15 is 0 Å². The highest BCUT2D eigenvalue weighted by molar-refractivity contribution is 4.83. The molecule has 0 amide bonds. The molecular weight excluding hydrogens is 653 g/mol. The van der Waals surface area contributed by atoms with Crippen molar-refractivity contribution in [2.75, 3.05) is 93.6 Å². The molecule has 0 saturated carbocycles. The molecule has 6 heteroatoms. The van der Waals surface area contributed by atoms with Gasteiger partial charge in [-0.1, -0.05) is 31.6 Å². The molecule has 4 saturated heterocycles. The van der Waals surface area contributed by atoms with E-state index in [2.05, 4.69) is 73.1 Å². The fourth-order valence-electron chi connectivity index (χ4n) is 11.5. The van der Waals surface area contributed by atoms with Gasteiger partial charge in [-0.05, 0) is 87.9 Å². The second-order valence-electron chi connectivity index (χ2n) is 20.5. The zero-order valence-electron chi connectivity index (χ0n) is 36.0. The molecular formula is C47H90N4O2+4. The van der Waals surface area contributed by atoms with Crippen LogP contribution in [0.1, 0.15) is 122 Å². The van der Waals surface area contributed by atoms with Crippen molar-refractivity contribution in [3.05, 3.63) is 38.0 Å². The van der Waals surface area contributed by atoms with Crippen molar-refractivity contribution in [2.24, 2.45) is 23.7 Å². The van der Waals surface area contributed by atoms with Gasteiger partial charge in [0.05, 0.1) is 118 Å². The van der Waals surface area contributed by atoms with E-state index in [1.807, 2.05) is 0 Å². The molecule has 0 aliphatic carbocycles. The van der Waals surface area contributed by atoms with Crippen LogP contribution >= 0.6 is 0 Å². The number of likely N-dealkylation sites (tertiary alicyclic amines) is 4. The Morgan fingerprint density at radius 1 is 0.547 bits per heavy atom. The maximum atomic E-state index is 11.2. The van der Waals surface area contributed by atoms with Gasteiger partial charge in [0.25, 0.3) is 0 Å². The number of piperidine rings is 4. The Morgan fingerprint density at radius 2 is 1.04 bits per heavy atom. The number of allylic oxidation sites excluding steroid dienone is 1. The van der Waals surface area contributed by atoms with E-state index in [4.69, 9.17) is 0 Å². The molecule has 306 valence electrons. The Bertz CT molecular complexity index is 1100. The maximum Gasteiger partial charge on any atom is 0.0925 e. The maximum absolute atomic E-state index is 11.2. The minimum atomic E-state index is -0.196. The molecule has 4 fully saturated rings. The van der Waals surface area contributed by atoms with Crippen LogP contribution in [-0.2, 0) is 0 Å². The lowest BCUT2D eigenvalue weighted by atomic mass is 9.76. The summed E-state index contributed by atoms with van der Waals surface area (Å²) in [7, 11) is 9.77. The lowest BCUT2D eigenvalue weighted by Crippen LogP contribution is -2.58. The molecule has 53 heavy (non-hydrogen) atoms. The highest BCUT2D eigenvalue weighted by atomic mass is 16.3. The Morgan fingerprint density at radius 3 is 1.58 bits per heavy atom. The first-order chi connectivity index (χ1) is 25.2. The van der Waals surface area contributed by atoms with Crippen molar-refractivity contribution in [3.63, 3.8) is 0 Å². The normalized spacial score (nSPS) is 38.4. The van der Waals surface area contributed by atoms with Gasteiger partial charge in [-0.15, -0.1) is 19.7 Å². The number of hydrogen-bond acceptors (Lipinski definition) is 2. The number of hydrogen-bond donors (Lipinski definition) is 2. The van der Waals surface area contributed by atoms with E-state index in [1.165, 1.54) is 116 Å². The van der Waals surface area contributed by atoms with E-state index in [0.29, 0.717) is 12.1 Å². The summed E-state index contributed by atoms with van der Waals surface area (Å²) in [5.74, 6) is 3.30. The van der Waals surface area contributed by atoms with E-state index in [-0.39, 0.29) is 12.2 Å². The molecule has 8 atom stereocenters. The fraction of sp³-hybridized carbons (Fsp3) is 0.872. The number of quaternary nitrogens is 4. The number of aliphatic hydroxyl groups is 2. The standard InChI is InChI=1S/C47H90N4O2/c1-9-14-41-20-30-48(5,31-21-41)34-25-46(52)26-35-49(6)32-22-42(23-33-49)19-18-40(4)43-24-36-51(8,45(39-43)16-11-3)38-28-47(53)27-37-50(7)29-13-12-17-44(50)15-10-2/h9-11,40-47,52-53H,1-3,12-39H2,4-8H3/q+4. The summed E-state index contributed by atoms with van der Waals surface area (Å²) in [4.78, 5) is 0. The monoisotopic (exact) mass is 743 g/mol. The topological polar surface area (TPSA) is 40.5 Å². The molecule has 4 aliphatic rings. The van der Waals surface area contributed by atoms with Crippen LogP contribution in [-0.4, -0.2) is 146 Å². The van der Waals surface area contributed by atoms with Crippen molar-refractivity contribution in [1.29, 1.82) is 0 Å². The van der Waals surface area contributed by atoms with Crippen LogP contribution in [0, 0.1) is 23.7 Å². The predicted molar refractivity (Wildman–Crippen MR) is 226 cm³/mol. The largest absolute Gasteiger partial charge is 0.393 e. The van der Waals surface area contributed by atoms with Crippen LogP contribution in [0.5, 0.6) is 0 Å². The number of nitrogens with zero attached hydrogens (tertiary/aromatic N) is 4.